The Morgan fingerprint density at radius 2 is 2.08 bits per heavy atom. The van der Waals surface area contributed by atoms with Gasteiger partial charge < -0.3 is 10.2 Å². The molecule has 3 aromatic rings. The summed E-state index contributed by atoms with van der Waals surface area (Å²) in [5.74, 6) is 1.33. The number of carbonyl (C=O) groups excluding carboxylic acids is 1. The van der Waals surface area contributed by atoms with Gasteiger partial charge in [0.05, 0.1) is 5.92 Å². The number of nitrogens with zero attached hydrogens (tertiary/aromatic N) is 7. The number of nitrogens with one attached hydrogen (secondary N) is 1. The SMILES string of the molecule is Cc1cnc(NC(=O)C2CN(c3cc(-n4cncn4)ncn3)C2)s1. The van der Waals surface area contributed by atoms with Crippen LogP contribution in [0.4, 0.5) is 10.9 Å². The van der Waals surface area contributed by atoms with Crippen molar-refractivity contribution >= 4 is 28.2 Å². The zero-order valence-corrected chi connectivity index (χ0v) is 13.6. The van der Waals surface area contributed by atoms with Gasteiger partial charge in [-0.2, -0.15) is 5.10 Å². The molecule has 1 aliphatic heterocycles. The third-order valence-corrected chi connectivity index (χ3v) is 4.55. The van der Waals surface area contributed by atoms with Gasteiger partial charge in [-0.1, -0.05) is 0 Å². The molecule has 10 heteroatoms. The fourth-order valence-electron chi connectivity index (χ4n) is 2.41. The van der Waals surface area contributed by atoms with Crippen LogP contribution in [0, 0.1) is 12.8 Å². The van der Waals surface area contributed by atoms with Crippen molar-refractivity contribution in [3.8, 4) is 5.82 Å². The average molecular weight is 342 g/mol. The number of amides is 1. The molecule has 0 aromatic carbocycles. The van der Waals surface area contributed by atoms with Crippen molar-refractivity contribution in [1.82, 2.24) is 29.7 Å². The molecular weight excluding hydrogens is 328 g/mol. The van der Waals surface area contributed by atoms with Gasteiger partial charge in [-0.05, 0) is 6.92 Å². The van der Waals surface area contributed by atoms with E-state index in [1.54, 1.807) is 17.2 Å². The number of hydrogen-bond acceptors (Lipinski definition) is 8. The number of thiazole rings is 1. The molecule has 4 rings (SSSR count). The van der Waals surface area contributed by atoms with E-state index in [2.05, 4.69) is 30.4 Å². The number of aromatic nitrogens is 6. The van der Waals surface area contributed by atoms with E-state index in [4.69, 9.17) is 0 Å². The Bertz CT molecular complexity index is 855. The van der Waals surface area contributed by atoms with Gasteiger partial charge in [0.2, 0.25) is 5.91 Å². The number of rotatable bonds is 4. The van der Waals surface area contributed by atoms with Gasteiger partial charge in [0, 0.05) is 30.2 Å². The van der Waals surface area contributed by atoms with Crippen LogP contribution in [0.1, 0.15) is 4.88 Å². The molecular formula is C14H14N8OS. The van der Waals surface area contributed by atoms with Gasteiger partial charge in [0.1, 0.15) is 24.8 Å². The molecule has 1 N–H and O–H groups in total. The standard InChI is InChI=1S/C14H14N8OS/c1-9-3-16-14(24-9)20-13(23)10-4-21(5-10)11-2-12(18-7-17-11)22-8-15-6-19-22/h2-3,6-8,10H,4-5H2,1H3,(H,16,20,23). The lowest BCUT2D eigenvalue weighted by Gasteiger charge is -2.38. The summed E-state index contributed by atoms with van der Waals surface area (Å²) >= 11 is 1.47. The summed E-state index contributed by atoms with van der Waals surface area (Å²) in [6.07, 6.45) is 6.26. The van der Waals surface area contributed by atoms with Gasteiger partial charge >= 0.3 is 0 Å². The quantitative estimate of drug-likeness (QED) is 0.751. The predicted molar refractivity (Wildman–Crippen MR) is 88.1 cm³/mol. The van der Waals surface area contributed by atoms with E-state index < -0.39 is 0 Å². The zero-order chi connectivity index (χ0) is 16.5. The van der Waals surface area contributed by atoms with Crippen LogP contribution in [0.5, 0.6) is 0 Å². The molecule has 1 aliphatic rings. The Balaban J connectivity index is 1.39. The van der Waals surface area contributed by atoms with Crippen molar-refractivity contribution in [1.29, 1.82) is 0 Å². The molecule has 0 saturated carbocycles. The fourth-order valence-corrected chi connectivity index (χ4v) is 3.08. The molecule has 1 fully saturated rings. The second-order valence-electron chi connectivity index (χ2n) is 5.44. The van der Waals surface area contributed by atoms with Crippen molar-refractivity contribution in [3.63, 3.8) is 0 Å². The molecule has 9 nitrogen and oxygen atoms in total. The first-order valence-corrected chi connectivity index (χ1v) is 8.16. The Hall–Kier alpha value is -2.88. The van der Waals surface area contributed by atoms with Crippen molar-refractivity contribution in [2.75, 3.05) is 23.3 Å². The summed E-state index contributed by atoms with van der Waals surface area (Å²) in [5, 5.41) is 7.55. The topological polar surface area (TPSA) is 102 Å². The van der Waals surface area contributed by atoms with Crippen LogP contribution in [0.15, 0.2) is 31.2 Å². The lowest BCUT2D eigenvalue weighted by Crippen LogP contribution is -2.52. The normalized spacial score (nSPS) is 14.5. The Morgan fingerprint density at radius 1 is 1.25 bits per heavy atom. The van der Waals surface area contributed by atoms with Crippen LogP contribution < -0.4 is 10.2 Å². The minimum absolute atomic E-state index is 0.00819. The highest BCUT2D eigenvalue weighted by Gasteiger charge is 2.34. The molecule has 0 bridgehead atoms. The van der Waals surface area contributed by atoms with Crippen LogP contribution in [0.2, 0.25) is 0 Å². The molecule has 3 aromatic heterocycles. The van der Waals surface area contributed by atoms with Gasteiger partial charge in [0.15, 0.2) is 10.9 Å². The van der Waals surface area contributed by atoms with Gasteiger partial charge in [-0.3, -0.25) is 4.79 Å². The molecule has 0 unspecified atom stereocenters. The van der Waals surface area contributed by atoms with Crippen molar-refractivity contribution in [3.05, 3.63) is 36.1 Å². The first-order chi connectivity index (χ1) is 11.7. The first-order valence-electron chi connectivity index (χ1n) is 7.34. The number of carbonyl (C=O) groups is 1. The highest BCUT2D eigenvalue weighted by atomic mass is 32.1. The van der Waals surface area contributed by atoms with E-state index >= 15 is 0 Å². The predicted octanol–water partition coefficient (Wildman–Crippen LogP) is 0.897. The first kappa shape index (κ1) is 14.7. The van der Waals surface area contributed by atoms with Gasteiger partial charge in [-0.15, -0.1) is 11.3 Å². The maximum absolute atomic E-state index is 12.2. The Labute approximate surface area is 141 Å². The second-order valence-corrected chi connectivity index (χ2v) is 6.68. The third-order valence-electron chi connectivity index (χ3n) is 3.72. The summed E-state index contributed by atoms with van der Waals surface area (Å²) in [5.41, 5.74) is 0. The van der Waals surface area contributed by atoms with Gasteiger partial charge in [0.25, 0.3) is 0 Å². The van der Waals surface area contributed by atoms with E-state index in [0.29, 0.717) is 24.0 Å². The van der Waals surface area contributed by atoms with E-state index in [-0.39, 0.29) is 11.8 Å². The van der Waals surface area contributed by atoms with Crippen LogP contribution in [-0.2, 0) is 4.79 Å². The summed E-state index contributed by atoms with van der Waals surface area (Å²) in [4.78, 5) is 31.8. The third kappa shape index (κ3) is 2.83. The lowest BCUT2D eigenvalue weighted by atomic mass is 9.99. The van der Waals surface area contributed by atoms with E-state index in [0.717, 1.165) is 10.7 Å². The van der Waals surface area contributed by atoms with Crippen molar-refractivity contribution in [2.24, 2.45) is 5.92 Å². The summed E-state index contributed by atoms with van der Waals surface area (Å²) in [6, 6.07) is 1.83. The monoisotopic (exact) mass is 342 g/mol. The summed E-state index contributed by atoms with van der Waals surface area (Å²) in [6.45, 7) is 3.19. The molecule has 0 aliphatic carbocycles. The lowest BCUT2D eigenvalue weighted by molar-refractivity contribution is -0.120. The molecule has 24 heavy (non-hydrogen) atoms. The summed E-state index contributed by atoms with van der Waals surface area (Å²) in [7, 11) is 0. The maximum Gasteiger partial charge on any atom is 0.232 e. The highest BCUT2D eigenvalue weighted by Crippen LogP contribution is 2.25. The number of anilines is 2. The molecule has 0 spiro atoms. The highest BCUT2D eigenvalue weighted by molar-refractivity contribution is 7.15. The Morgan fingerprint density at radius 3 is 2.79 bits per heavy atom. The van der Waals surface area contributed by atoms with Crippen LogP contribution in [0.3, 0.4) is 0 Å². The minimum atomic E-state index is -0.0704. The number of aryl methyl sites for hydroxylation is 1. The zero-order valence-electron chi connectivity index (χ0n) is 12.8. The largest absolute Gasteiger partial charge is 0.355 e. The van der Waals surface area contributed by atoms with Crippen LogP contribution >= 0.6 is 11.3 Å². The van der Waals surface area contributed by atoms with E-state index in [1.165, 1.54) is 24.0 Å². The molecule has 122 valence electrons. The Kier molecular flexibility index (Phi) is 3.65. The smallest absolute Gasteiger partial charge is 0.232 e. The molecule has 4 heterocycles. The van der Waals surface area contributed by atoms with E-state index in [9.17, 15) is 4.79 Å². The van der Waals surface area contributed by atoms with E-state index in [1.807, 2.05) is 17.9 Å². The number of hydrogen-bond donors (Lipinski definition) is 1. The van der Waals surface area contributed by atoms with Gasteiger partial charge in [-0.25, -0.2) is 24.6 Å². The van der Waals surface area contributed by atoms with Crippen molar-refractivity contribution in [2.45, 2.75) is 6.92 Å². The molecule has 0 atom stereocenters. The maximum atomic E-state index is 12.2. The van der Waals surface area contributed by atoms with Crippen LogP contribution in [-0.4, -0.2) is 48.7 Å². The molecule has 0 radical (unpaired) electrons. The molecule has 1 saturated heterocycles. The molecule has 1 amide bonds. The fraction of sp³-hybridized carbons (Fsp3) is 0.286. The van der Waals surface area contributed by atoms with Crippen LogP contribution in [0.25, 0.3) is 5.82 Å². The average Bonchev–Trinajstić information content (AvgIpc) is 3.18. The summed E-state index contributed by atoms with van der Waals surface area (Å²) < 4.78 is 1.57. The minimum Gasteiger partial charge on any atom is -0.355 e. The second kappa shape index (κ2) is 5.96. The van der Waals surface area contributed by atoms with Crippen molar-refractivity contribution < 1.29 is 4.79 Å².